The van der Waals surface area contributed by atoms with Crippen LogP contribution in [0.4, 0.5) is 5.82 Å². The van der Waals surface area contributed by atoms with Crippen molar-refractivity contribution in [2.45, 2.75) is 6.42 Å². The standard InChI is InChI=1S/C16H16N4O/c1-19(11-8-13-6-2-4-9-17-13)15-12-16(21)20-10-5-3-7-14(20)18-15/h2-7,9-10,12H,8,11H2,1H3. The fourth-order valence-corrected chi connectivity index (χ4v) is 2.18. The molecule has 21 heavy (non-hydrogen) atoms. The van der Waals surface area contributed by atoms with Crippen LogP contribution in [0, 0.1) is 0 Å². The molecule has 0 fully saturated rings. The van der Waals surface area contributed by atoms with Gasteiger partial charge in [0.1, 0.15) is 11.5 Å². The Kier molecular flexibility index (Phi) is 3.64. The van der Waals surface area contributed by atoms with Gasteiger partial charge in [0.05, 0.1) is 0 Å². The second-order valence-corrected chi connectivity index (χ2v) is 4.87. The van der Waals surface area contributed by atoms with E-state index in [0.717, 1.165) is 18.7 Å². The van der Waals surface area contributed by atoms with Crippen molar-refractivity contribution in [3.63, 3.8) is 0 Å². The average Bonchev–Trinajstić information content (AvgIpc) is 2.53. The minimum absolute atomic E-state index is 0.0692. The molecule has 3 heterocycles. The van der Waals surface area contributed by atoms with Crippen LogP contribution in [0.15, 0.2) is 59.7 Å². The van der Waals surface area contributed by atoms with Crippen molar-refractivity contribution in [3.05, 3.63) is 70.9 Å². The first kappa shape index (κ1) is 13.3. The molecular formula is C16H16N4O. The molecule has 0 bridgehead atoms. The Morgan fingerprint density at radius 1 is 1.19 bits per heavy atom. The predicted octanol–water partition coefficient (Wildman–Crippen LogP) is 1.77. The molecule has 0 aliphatic rings. The number of hydrogen-bond acceptors (Lipinski definition) is 4. The number of hydrogen-bond donors (Lipinski definition) is 0. The maximum atomic E-state index is 12.1. The van der Waals surface area contributed by atoms with Gasteiger partial charge in [-0.05, 0) is 24.3 Å². The number of rotatable bonds is 4. The lowest BCUT2D eigenvalue weighted by Gasteiger charge is -2.18. The Morgan fingerprint density at radius 3 is 2.86 bits per heavy atom. The lowest BCUT2D eigenvalue weighted by Crippen LogP contribution is -2.25. The number of likely N-dealkylation sites (N-methyl/N-ethyl adjacent to an activating group) is 1. The zero-order valence-electron chi connectivity index (χ0n) is 11.8. The normalized spacial score (nSPS) is 10.7. The summed E-state index contributed by atoms with van der Waals surface area (Å²) in [7, 11) is 1.93. The van der Waals surface area contributed by atoms with E-state index in [-0.39, 0.29) is 5.56 Å². The molecule has 0 aliphatic carbocycles. The Morgan fingerprint density at radius 2 is 2.05 bits per heavy atom. The van der Waals surface area contributed by atoms with Gasteiger partial charge < -0.3 is 4.90 Å². The van der Waals surface area contributed by atoms with Crippen molar-refractivity contribution < 1.29 is 0 Å². The number of nitrogens with zero attached hydrogens (tertiary/aromatic N) is 4. The van der Waals surface area contributed by atoms with E-state index >= 15 is 0 Å². The van der Waals surface area contributed by atoms with Crippen LogP contribution in [0.3, 0.4) is 0 Å². The largest absolute Gasteiger partial charge is 0.359 e. The van der Waals surface area contributed by atoms with Crippen molar-refractivity contribution in [1.82, 2.24) is 14.4 Å². The third-order valence-corrected chi connectivity index (χ3v) is 3.38. The monoisotopic (exact) mass is 280 g/mol. The molecule has 0 unspecified atom stereocenters. The smallest absolute Gasteiger partial charge is 0.259 e. The van der Waals surface area contributed by atoms with E-state index in [1.807, 2.05) is 48.3 Å². The average molecular weight is 280 g/mol. The first-order valence-electron chi connectivity index (χ1n) is 6.83. The summed E-state index contributed by atoms with van der Waals surface area (Å²) >= 11 is 0. The van der Waals surface area contributed by atoms with Crippen molar-refractivity contribution in [1.29, 1.82) is 0 Å². The van der Waals surface area contributed by atoms with E-state index in [1.54, 1.807) is 18.5 Å². The quantitative estimate of drug-likeness (QED) is 0.731. The van der Waals surface area contributed by atoms with Gasteiger partial charge in [-0.25, -0.2) is 4.98 Å². The molecule has 0 aromatic carbocycles. The Labute approximate surface area is 122 Å². The van der Waals surface area contributed by atoms with Gasteiger partial charge >= 0.3 is 0 Å². The molecule has 3 aromatic heterocycles. The molecule has 3 aromatic rings. The third-order valence-electron chi connectivity index (χ3n) is 3.38. The molecule has 0 saturated carbocycles. The van der Waals surface area contributed by atoms with Gasteiger partial charge in [0.2, 0.25) is 0 Å². The molecule has 0 amide bonds. The Balaban J connectivity index is 1.81. The van der Waals surface area contributed by atoms with E-state index in [4.69, 9.17) is 0 Å². The van der Waals surface area contributed by atoms with Gasteiger partial charge in [0, 0.05) is 44.2 Å². The number of fused-ring (bicyclic) bond motifs is 1. The molecule has 0 atom stereocenters. The van der Waals surface area contributed by atoms with E-state index in [9.17, 15) is 4.79 Å². The topological polar surface area (TPSA) is 50.5 Å². The predicted molar refractivity (Wildman–Crippen MR) is 82.7 cm³/mol. The SMILES string of the molecule is CN(CCc1ccccn1)c1cc(=O)n2ccccc2n1. The lowest BCUT2D eigenvalue weighted by molar-refractivity contribution is 0.835. The summed E-state index contributed by atoms with van der Waals surface area (Å²) < 4.78 is 1.54. The summed E-state index contributed by atoms with van der Waals surface area (Å²) in [6.45, 7) is 0.756. The highest BCUT2D eigenvalue weighted by atomic mass is 16.1. The summed E-state index contributed by atoms with van der Waals surface area (Å²) in [6, 6.07) is 13.0. The minimum atomic E-state index is -0.0692. The molecule has 0 saturated heterocycles. The van der Waals surface area contributed by atoms with Crippen molar-refractivity contribution in [3.8, 4) is 0 Å². The van der Waals surface area contributed by atoms with Crippen LogP contribution < -0.4 is 10.5 Å². The molecular weight excluding hydrogens is 264 g/mol. The molecule has 0 aliphatic heterocycles. The molecule has 0 spiro atoms. The van der Waals surface area contributed by atoms with Crippen LogP contribution in [0.1, 0.15) is 5.69 Å². The highest BCUT2D eigenvalue weighted by molar-refractivity contribution is 5.47. The fourth-order valence-electron chi connectivity index (χ4n) is 2.18. The molecule has 5 nitrogen and oxygen atoms in total. The summed E-state index contributed by atoms with van der Waals surface area (Å²) in [6.07, 6.45) is 4.32. The number of pyridine rings is 2. The maximum Gasteiger partial charge on any atom is 0.259 e. The highest BCUT2D eigenvalue weighted by Gasteiger charge is 2.07. The summed E-state index contributed by atoms with van der Waals surface area (Å²) in [5, 5.41) is 0. The van der Waals surface area contributed by atoms with Gasteiger partial charge in [-0.2, -0.15) is 0 Å². The molecule has 0 N–H and O–H groups in total. The Hall–Kier alpha value is -2.69. The highest BCUT2D eigenvalue weighted by Crippen LogP contribution is 2.09. The van der Waals surface area contributed by atoms with Crippen LogP contribution >= 0.6 is 0 Å². The molecule has 3 rings (SSSR count). The van der Waals surface area contributed by atoms with E-state index in [0.29, 0.717) is 11.5 Å². The maximum absolute atomic E-state index is 12.1. The summed E-state index contributed by atoms with van der Waals surface area (Å²) in [4.78, 5) is 22.9. The molecule has 5 heteroatoms. The zero-order chi connectivity index (χ0) is 14.7. The van der Waals surface area contributed by atoms with E-state index in [1.165, 1.54) is 4.40 Å². The first-order chi connectivity index (χ1) is 10.2. The first-order valence-corrected chi connectivity index (χ1v) is 6.83. The van der Waals surface area contributed by atoms with Gasteiger partial charge in [-0.1, -0.05) is 12.1 Å². The van der Waals surface area contributed by atoms with Crippen LogP contribution in [-0.4, -0.2) is 28.0 Å². The Bertz CT molecular complexity index is 798. The minimum Gasteiger partial charge on any atom is -0.359 e. The fraction of sp³-hybridized carbons (Fsp3) is 0.188. The summed E-state index contributed by atoms with van der Waals surface area (Å²) in [5.41, 5.74) is 1.62. The third kappa shape index (κ3) is 2.91. The zero-order valence-corrected chi connectivity index (χ0v) is 11.8. The molecule has 0 radical (unpaired) electrons. The van der Waals surface area contributed by atoms with Crippen LogP contribution in [0.2, 0.25) is 0 Å². The second kappa shape index (κ2) is 5.75. The second-order valence-electron chi connectivity index (χ2n) is 4.87. The van der Waals surface area contributed by atoms with Crippen LogP contribution in [-0.2, 0) is 6.42 Å². The van der Waals surface area contributed by atoms with Gasteiger partial charge in [-0.3, -0.25) is 14.2 Å². The molecule has 106 valence electrons. The van der Waals surface area contributed by atoms with Gasteiger partial charge in [0.15, 0.2) is 0 Å². The van der Waals surface area contributed by atoms with Gasteiger partial charge in [0.25, 0.3) is 5.56 Å². The van der Waals surface area contributed by atoms with Gasteiger partial charge in [-0.15, -0.1) is 0 Å². The van der Waals surface area contributed by atoms with E-state index in [2.05, 4.69) is 9.97 Å². The lowest BCUT2D eigenvalue weighted by atomic mass is 10.2. The van der Waals surface area contributed by atoms with E-state index < -0.39 is 0 Å². The number of anilines is 1. The van der Waals surface area contributed by atoms with Crippen LogP contribution in [0.5, 0.6) is 0 Å². The van der Waals surface area contributed by atoms with Crippen molar-refractivity contribution in [2.24, 2.45) is 0 Å². The van der Waals surface area contributed by atoms with Crippen molar-refractivity contribution >= 4 is 11.5 Å². The van der Waals surface area contributed by atoms with Crippen molar-refractivity contribution in [2.75, 3.05) is 18.5 Å². The van der Waals surface area contributed by atoms with Crippen LogP contribution in [0.25, 0.3) is 5.65 Å². The summed E-state index contributed by atoms with van der Waals surface area (Å²) in [5.74, 6) is 0.683. The number of aromatic nitrogens is 3.